The number of aldehydes is 1. The van der Waals surface area contributed by atoms with E-state index in [1.165, 1.54) is 12.4 Å². The third-order valence-electron chi connectivity index (χ3n) is 1.78. The first-order valence-electron chi connectivity index (χ1n) is 5.10. The van der Waals surface area contributed by atoms with Crippen molar-refractivity contribution in [3.05, 3.63) is 40.1 Å². The summed E-state index contributed by atoms with van der Waals surface area (Å²) >= 11 is 8.53. The third-order valence-corrected chi connectivity index (χ3v) is 2.39. The topological polar surface area (TPSA) is 71.9 Å². The zero-order valence-electron chi connectivity index (χ0n) is 10.3. The molecule has 0 N–H and O–H groups in total. The molecule has 0 radical (unpaired) electrons. The van der Waals surface area contributed by atoms with Crippen molar-refractivity contribution in [3.63, 3.8) is 0 Å². The molecule has 8 heteroatoms. The van der Waals surface area contributed by atoms with E-state index >= 15 is 0 Å². The maximum Gasteiger partial charge on any atom is 0.224 e. The zero-order chi connectivity index (χ0) is 14.3. The normalized spacial score (nSPS) is 9.26. The molecular formula is C11H11BrClN5O. The van der Waals surface area contributed by atoms with Crippen LogP contribution in [0.1, 0.15) is 10.4 Å². The summed E-state index contributed by atoms with van der Waals surface area (Å²) in [6.07, 6.45) is 6.90. The molecule has 0 aromatic carbocycles. The van der Waals surface area contributed by atoms with Gasteiger partial charge in [0, 0.05) is 38.9 Å². The van der Waals surface area contributed by atoms with Gasteiger partial charge in [0.1, 0.15) is 0 Å². The maximum atomic E-state index is 10.2. The minimum Gasteiger partial charge on any atom is -0.347 e. The van der Waals surface area contributed by atoms with E-state index in [4.69, 9.17) is 11.6 Å². The first-order chi connectivity index (χ1) is 9.02. The molecule has 0 atom stereocenters. The lowest BCUT2D eigenvalue weighted by atomic mass is 10.4. The molecule has 0 unspecified atom stereocenters. The van der Waals surface area contributed by atoms with Gasteiger partial charge in [-0.15, -0.1) is 0 Å². The van der Waals surface area contributed by atoms with Gasteiger partial charge in [-0.3, -0.25) is 4.79 Å². The first-order valence-corrected chi connectivity index (χ1v) is 6.27. The van der Waals surface area contributed by atoms with E-state index in [1.807, 2.05) is 14.1 Å². The Bertz CT molecular complexity index is 497. The molecule has 2 aromatic rings. The SMILES string of the molecule is CN(C)c1ncc(C=O)cn1.Clc1ncc(Br)cn1. The van der Waals surface area contributed by atoms with Gasteiger partial charge in [-0.1, -0.05) is 0 Å². The van der Waals surface area contributed by atoms with Gasteiger partial charge in [-0.25, -0.2) is 19.9 Å². The molecule has 0 amide bonds. The van der Waals surface area contributed by atoms with Crippen molar-refractivity contribution < 1.29 is 4.79 Å². The highest BCUT2D eigenvalue weighted by Crippen LogP contribution is 2.06. The van der Waals surface area contributed by atoms with Crippen molar-refractivity contribution >= 4 is 39.8 Å². The predicted octanol–water partition coefficient (Wildman–Crippen LogP) is 2.25. The minimum atomic E-state index is 0.271. The van der Waals surface area contributed by atoms with Crippen LogP contribution in [0.25, 0.3) is 0 Å². The number of hydrogen-bond acceptors (Lipinski definition) is 6. The van der Waals surface area contributed by atoms with Crippen LogP contribution in [0.3, 0.4) is 0 Å². The van der Waals surface area contributed by atoms with Crippen LogP contribution in [-0.2, 0) is 0 Å². The summed E-state index contributed by atoms with van der Waals surface area (Å²) in [4.78, 5) is 27.2. The Hall–Kier alpha value is -1.60. The van der Waals surface area contributed by atoms with E-state index < -0.39 is 0 Å². The van der Waals surface area contributed by atoms with E-state index in [0.717, 1.165) is 10.8 Å². The predicted molar refractivity (Wildman–Crippen MR) is 76.5 cm³/mol. The van der Waals surface area contributed by atoms with Gasteiger partial charge in [0.25, 0.3) is 0 Å². The molecule has 2 aromatic heterocycles. The molecule has 0 aliphatic rings. The molecule has 0 saturated carbocycles. The van der Waals surface area contributed by atoms with Gasteiger partial charge in [0.05, 0.1) is 10.0 Å². The lowest BCUT2D eigenvalue weighted by Crippen LogP contribution is -2.12. The molecule has 0 saturated heterocycles. The van der Waals surface area contributed by atoms with Crippen LogP contribution in [0.2, 0.25) is 5.28 Å². The van der Waals surface area contributed by atoms with E-state index in [2.05, 4.69) is 35.9 Å². The van der Waals surface area contributed by atoms with Crippen molar-refractivity contribution in [2.24, 2.45) is 0 Å². The fourth-order valence-electron chi connectivity index (χ4n) is 0.920. The standard InChI is InChI=1S/C7H9N3O.C4H2BrClN2/c1-10(2)7-8-3-6(5-11)4-9-7;5-3-1-7-4(6)8-2-3/h3-5H,1-2H3;1-2H. The van der Waals surface area contributed by atoms with Crippen molar-refractivity contribution in [2.45, 2.75) is 0 Å². The summed E-state index contributed by atoms with van der Waals surface area (Å²) in [5.74, 6) is 0.607. The molecular weight excluding hydrogens is 334 g/mol. The molecule has 0 aliphatic carbocycles. The molecule has 2 heterocycles. The number of hydrogen-bond donors (Lipinski definition) is 0. The number of carbonyl (C=O) groups is 1. The average molecular weight is 345 g/mol. The summed E-state index contributed by atoms with van der Waals surface area (Å²) in [6, 6.07) is 0. The maximum absolute atomic E-state index is 10.2. The average Bonchev–Trinajstić information content (AvgIpc) is 2.43. The largest absolute Gasteiger partial charge is 0.347 e. The first kappa shape index (κ1) is 15.5. The summed E-state index contributed by atoms with van der Waals surface area (Å²) < 4.78 is 0.835. The Morgan fingerprint density at radius 3 is 2.00 bits per heavy atom. The summed E-state index contributed by atoms with van der Waals surface area (Å²) in [5, 5.41) is 0.271. The summed E-state index contributed by atoms with van der Waals surface area (Å²) in [7, 11) is 3.69. The van der Waals surface area contributed by atoms with Crippen LogP contribution in [0, 0.1) is 0 Å². The lowest BCUT2D eigenvalue weighted by Gasteiger charge is -2.07. The van der Waals surface area contributed by atoms with Crippen LogP contribution >= 0.6 is 27.5 Å². The van der Waals surface area contributed by atoms with E-state index in [9.17, 15) is 4.79 Å². The van der Waals surface area contributed by atoms with Crippen LogP contribution in [0.5, 0.6) is 0 Å². The lowest BCUT2D eigenvalue weighted by molar-refractivity contribution is 0.112. The smallest absolute Gasteiger partial charge is 0.224 e. The second-order valence-corrected chi connectivity index (χ2v) is 4.75. The van der Waals surface area contributed by atoms with Gasteiger partial charge < -0.3 is 4.90 Å². The van der Waals surface area contributed by atoms with Gasteiger partial charge in [0.15, 0.2) is 6.29 Å². The minimum absolute atomic E-state index is 0.271. The molecule has 0 fully saturated rings. The van der Waals surface area contributed by atoms with Gasteiger partial charge in [-0.05, 0) is 27.5 Å². The van der Waals surface area contributed by atoms with E-state index in [0.29, 0.717) is 11.5 Å². The Kier molecular flexibility index (Phi) is 6.31. The third kappa shape index (κ3) is 5.71. The van der Waals surface area contributed by atoms with Gasteiger partial charge in [-0.2, -0.15) is 0 Å². The van der Waals surface area contributed by atoms with Crippen LogP contribution < -0.4 is 4.90 Å². The fraction of sp³-hybridized carbons (Fsp3) is 0.182. The highest BCUT2D eigenvalue weighted by atomic mass is 79.9. The Morgan fingerprint density at radius 1 is 1.11 bits per heavy atom. The molecule has 19 heavy (non-hydrogen) atoms. The highest BCUT2D eigenvalue weighted by molar-refractivity contribution is 9.10. The van der Waals surface area contributed by atoms with Crippen molar-refractivity contribution in [2.75, 3.05) is 19.0 Å². The Morgan fingerprint density at radius 2 is 1.63 bits per heavy atom. The molecule has 6 nitrogen and oxygen atoms in total. The number of aromatic nitrogens is 4. The Labute approximate surface area is 124 Å². The Balaban J connectivity index is 0.000000200. The summed E-state index contributed by atoms with van der Waals surface area (Å²) in [6.45, 7) is 0. The van der Waals surface area contributed by atoms with Crippen LogP contribution in [0.4, 0.5) is 5.95 Å². The van der Waals surface area contributed by atoms with Crippen molar-refractivity contribution in [1.29, 1.82) is 0 Å². The molecule has 0 spiro atoms. The number of nitrogens with zero attached hydrogens (tertiary/aromatic N) is 5. The van der Waals surface area contributed by atoms with E-state index in [-0.39, 0.29) is 5.28 Å². The molecule has 2 rings (SSSR count). The molecule has 0 aliphatic heterocycles. The van der Waals surface area contributed by atoms with Crippen molar-refractivity contribution in [3.8, 4) is 0 Å². The fourth-order valence-corrected chi connectivity index (χ4v) is 1.22. The molecule has 0 bridgehead atoms. The second-order valence-electron chi connectivity index (χ2n) is 3.50. The number of rotatable bonds is 2. The molecule has 100 valence electrons. The number of halogens is 2. The number of anilines is 1. The van der Waals surface area contributed by atoms with Gasteiger partial charge in [0.2, 0.25) is 11.2 Å². The highest BCUT2D eigenvalue weighted by Gasteiger charge is 1.96. The van der Waals surface area contributed by atoms with Gasteiger partial charge >= 0.3 is 0 Å². The zero-order valence-corrected chi connectivity index (χ0v) is 12.6. The quantitative estimate of drug-likeness (QED) is 0.614. The van der Waals surface area contributed by atoms with Crippen LogP contribution in [-0.4, -0.2) is 40.3 Å². The monoisotopic (exact) mass is 343 g/mol. The van der Waals surface area contributed by atoms with Crippen molar-refractivity contribution in [1.82, 2.24) is 19.9 Å². The van der Waals surface area contributed by atoms with Crippen LogP contribution in [0.15, 0.2) is 29.3 Å². The second kappa shape index (κ2) is 7.75. The number of carbonyl (C=O) groups excluding carboxylic acids is 1. The van der Waals surface area contributed by atoms with E-state index in [1.54, 1.807) is 17.3 Å². The summed E-state index contributed by atoms with van der Waals surface area (Å²) in [5.41, 5.74) is 0.496.